The molecule has 2 aromatic rings. The van der Waals surface area contributed by atoms with Crippen molar-refractivity contribution in [1.29, 1.82) is 0 Å². The van der Waals surface area contributed by atoms with Crippen molar-refractivity contribution >= 4 is 49.1 Å². The molecule has 3 nitrogen and oxygen atoms in total. The van der Waals surface area contributed by atoms with Crippen molar-refractivity contribution in [1.82, 2.24) is 5.32 Å². The molecule has 0 spiro atoms. The summed E-state index contributed by atoms with van der Waals surface area (Å²) in [6.45, 7) is 0.413. The molecule has 0 radical (unpaired) electrons. The summed E-state index contributed by atoms with van der Waals surface area (Å²) < 4.78 is 1.79. The first-order valence-electron chi connectivity index (χ1n) is 5.61. The van der Waals surface area contributed by atoms with E-state index >= 15 is 0 Å². The van der Waals surface area contributed by atoms with Crippen molar-refractivity contribution in [2.75, 3.05) is 6.54 Å². The molecule has 3 N–H and O–H groups in total. The standard InChI is InChI=1S/C13H12Br2N2OS/c14-9-6-11(19-12(9)15)13(18)17-7-10(16)8-4-2-1-3-5-8/h1-6,10H,7,16H2,(H,17,18). The molecular formula is C13H12Br2N2OS. The third-order valence-electron chi connectivity index (χ3n) is 2.58. The molecule has 0 aliphatic rings. The fraction of sp³-hybridized carbons (Fsp3) is 0.154. The van der Waals surface area contributed by atoms with E-state index in [-0.39, 0.29) is 11.9 Å². The maximum Gasteiger partial charge on any atom is 0.261 e. The monoisotopic (exact) mass is 402 g/mol. The summed E-state index contributed by atoms with van der Waals surface area (Å²) in [6.07, 6.45) is 0. The minimum atomic E-state index is -0.197. The van der Waals surface area contributed by atoms with Crippen molar-refractivity contribution in [3.8, 4) is 0 Å². The number of thiophene rings is 1. The lowest BCUT2D eigenvalue weighted by molar-refractivity contribution is 0.0955. The summed E-state index contributed by atoms with van der Waals surface area (Å²) in [4.78, 5) is 12.6. The van der Waals surface area contributed by atoms with Crippen molar-refractivity contribution in [2.45, 2.75) is 6.04 Å². The van der Waals surface area contributed by atoms with Gasteiger partial charge in [-0.25, -0.2) is 0 Å². The van der Waals surface area contributed by atoms with Gasteiger partial charge in [0.25, 0.3) is 5.91 Å². The van der Waals surface area contributed by atoms with E-state index in [9.17, 15) is 4.79 Å². The van der Waals surface area contributed by atoms with Gasteiger partial charge in [-0.3, -0.25) is 4.79 Å². The number of carbonyl (C=O) groups is 1. The van der Waals surface area contributed by atoms with Gasteiger partial charge in [0, 0.05) is 17.1 Å². The van der Waals surface area contributed by atoms with Crippen LogP contribution in [0.2, 0.25) is 0 Å². The van der Waals surface area contributed by atoms with Crippen LogP contribution in [0.1, 0.15) is 21.3 Å². The molecule has 100 valence electrons. The van der Waals surface area contributed by atoms with E-state index < -0.39 is 0 Å². The van der Waals surface area contributed by atoms with Gasteiger partial charge in [-0.2, -0.15) is 0 Å². The zero-order valence-corrected chi connectivity index (χ0v) is 13.9. The van der Waals surface area contributed by atoms with E-state index in [1.807, 2.05) is 30.3 Å². The maximum atomic E-state index is 11.9. The summed E-state index contributed by atoms with van der Waals surface area (Å²) in [5.74, 6) is -0.109. The lowest BCUT2D eigenvalue weighted by atomic mass is 10.1. The van der Waals surface area contributed by atoms with Crippen molar-refractivity contribution in [2.24, 2.45) is 5.73 Å². The molecule has 1 atom stereocenters. The van der Waals surface area contributed by atoms with Crippen LogP contribution in [0.15, 0.2) is 44.7 Å². The highest BCUT2D eigenvalue weighted by Crippen LogP contribution is 2.32. The van der Waals surface area contributed by atoms with Crippen LogP contribution in [0.3, 0.4) is 0 Å². The average molecular weight is 404 g/mol. The second kappa shape index (κ2) is 6.65. The number of hydrogen-bond donors (Lipinski definition) is 2. The van der Waals surface area contributed by atoms with Crippen molar-refractivity contribution < 1.29 is 4.79 Å². The molecule has 0 fully saturated rings. The number of nitrogens with two attached hydrogens (primary N) is 1. The summed E-state index contributed by atoms with van der Waals surface area (Å²) >= 11 is 8.11. The van der Waals surface area contributed by atoms with E-state index in [1.54, 1.807) is 6.07 Å². The van der Waals surface area contributed by atoms with Gasteiger partial charge >= 0.3 is 0 Å². The van der Waals surface area contributed by atoms with Gasteiger partial charge in [-0.15, -0.1) is 11.3 Å². The molecule has 19 heavy (non-hydrogen) atoms. The van der Waals surface area contributed by atoms with Crippen LogP contribution >= 0.6 is 43.2 Å². The average Bonchev–Trinajstić information content (AvgIpc) is 2.77. The van der Waals surface area contributed by atoms with Gasteiger partial charge < -0.3 is 11.1 Å². The summed E-state index contributed by atoms with van der Waals surface area (Å²) in [6, 6.07) is 11.3. The Kier molecular flexibility index (Phi) is 5.15. The van der Waals surface area contributed by atoms with E-state index in [4.69, 9.17) is 5.73 Å². The smallest absolute Gasteiger partial charge is 0.261 e. The number of benzene rings is 1. The normalized spacial score (nSPS) is 12.2. The second-order valence-electron chi connectivity index (χ2n) is 3.96. The molecule has 0 aliphatic carbocycles. The topological polar surface area (TPSA) is 55.1 Å². The molecule has 2 rings (SSSR count). The molecule has 1 heterocycles. The van der Waals surface area contributed by atoms with Crippen LogP contribution in [0.4, 0.5) is 0 Å². The Bertz CT molecular complexity index is 552. The van der Waals surface area contributed by atoms with Crippen LogP contribution < -0.4 is 11.1 Å². The largest absolute Gasteiger partial charge is 0.349 e. The Balaban J connectivity index is 1.94. The number of rotatable bonds is 4. The van der Waals surface area contributed by atoms with Crippen molar-refractivity contribution in [3.05, 3.63) is 55.1 Å². The quantitative estimate of drug-likeness (QED) is 0.817. The number of hydrogen-bond acceptors (Lipinski definition) is 3. The minimum absolute atomic E-state index is 0.109. The third-order valence-corrected chi connectivity index (χ3v) is 5.83. The van der Waals surface area contributed by atoms with Crippen molar-refractivity contribution in [3.63, 3.8) is 0 Å². The number of halogens is 2. The Morgan fingerprint density at radius 1 is 1.32 bits per heavy atom. The highest BCUT2D eigenvalue weighted by molar-refractivity contribution is 9.13. The SMILES string of the molecule is NC(CNC(=O)c1cc(Br)c(Br)s1)c1ccccc1. The van der Waals surface area contributed by atoms with Gasteiger partial charge in [-0.1, -0.05) is 30.3 Å². The fourth-order valence-corrected chi connectivity index (χ4v) is 3.52. The van der Waals surface area contributed by atoms with E-state index in [2.05, 4.69) is 37.2 Å². The van der Waals surface area contributed by atoms with Gasteiger partial charge in [-0.05, 0) is 43.5 Å². The van der Waals surface area contributed by atoms with Crippen LogP contribution in [0, 0.1) is 0 Å². The van der Waals surface area contributed by atoms with Crippen LogP contribution in [0.25, 0.3) is 0 Å². The maximum absolute atomic E-state index is 11.9. The number of nitrogens with one attached hydrogen (secondary N) is 1. The van der Waals surface area contributed by atoms with E-state index in [0.717, 1.165) is 13.8 Å². The fourth-order valence-electron chi connectivity index (χ4n) is 1.57. The predicted octanol–water partition coefficient (Wildman–Crippen LogP) is 3.70. The first-order valence-corrected chi connectivity index (χ1v) is 8.01. The Morgan fingerprint density at radius 2 is 2.00 bits per heavy atom. The molecule has 0 saturated heterocycles. The predicted molar refractivity (Wildman–Crippen MR) is 85.4 cm³/mol. The lowest BCUT2D eigenvalue weighted by Gasteiger charge is -2.12. The Hall–Kier alpha value is -0.690. The van der Waals surface area contributed by atoms with Gasteiger partial charge in [0.05, 0.1) is 8.66 Å². The molecule has 0 bridgehead atoms. The molecule has 1 aromatic carbocycles. The summed E-state index contributed by atoms with van der Waals surface area (Å²) in [5, 5.41) is 2.84. The molecule has 1 amide bonds. The third kappa shape index (κ3) is 3.89. The first kappa shape index (κ1) is 14.7. The molecular weight excluding hydrogens is 392 g/mol. The summed E-state index contributed by atoms with van der Waals surface area (Å²) in [5.41, 5.74) is 7.04. The van der Waals surface area contributed by atoms with Gasteiger partial charge in [0.2, 0.25) is 0 Å². The first-order chi connectivity index (χ1) is 9.08. The lowest BCUT2D eigenvalue weighted by Crippen LogP contribution is -2.31. The minimum Gasteiger partial charge on any atom is -0.349 e. The zero-order chi connectivity index (χ0) is 13.8. The van der Waals surface area contributed by atoms with E-state index in [1.165, 1.54) is 11.3 Å². The Morgan fingerprint density at radius 3 is 2.58 bits per heavy atom. The molecule has 0 saturated carbocycles. The van der Waals surface area contributed by atoms with Crippen LogP contribution in [-0.4, -0.2) is 12.5 Å². The van der Waals surface area contributed by atoms with E-state index in [0.29, 0.717) is 11.4 Å². The highest BCUT2D eigenvalue weighted by Gasteiger charge is 2.13. The van der Waals surface area contributed by atoms with Crippen LogP contribution in [0.5, 0.6) is 0 Å². The molecule has 6 heteroatoms. The number of carbonyl (C=O) groups excluding carboxylic acids is 1. The summed E-state index contributed by atoms with van der Waals surface area (Å²) in [7, 11) is 0. The zero-order valence-electron chi connectivity index (χ0n) is 9.90. The molecule has 1 unspecified atom stereocenters. The molecule has 0 aliphatic heterocycles. The highest BCUT2D eigenvalue weighted by atomic mass is 79.9. The Labute approximate surface area is 132 Å². The molecule has 1 aromatic heterocycles. The van der Waals surface area contributed by atoms with Gasteiger partial charge in [0.1, 0.15) is 0 Å². The number of amides is 1. The van der Waals surface area contributed by atoms with Crippen LogP contribution in [-0.2, 0) is 0 Å². The van der Waals surface area contributed by atoms with Gasteiger partial charge in [0.15, 0.2) is 0 Å². The second-order valence-corrected chi connectivity index (χ2v) is 7.18.